The van der Waals surface area contributed by atoms with Gasteiger partial charge in [0.1, 0.15) is 11.7 Å². The molecule has 2 N–H and O–H groups in total. The zero-order valence-electron chi connectivity index (χ0n) is 17.2. The van der Waals surface area contributed by atoms with Crippen LogP contribution in [0.25, 0.3) is 0 Å². The number of ether oxygens (including phenoxy) is 2. The number of esters is 1. The molecule has 0 aliphatic heterocycles. The SMILES string of the molecule is CC(OC(=O)c1cccc(NC(=O)OC(C)(C)C)c1)C(=O)Nc1ccccc1C#N. The molecule has 1 unspecified atom stereocenters. The van der Waals surface area contributed by atoms with Crippen molar-refractivity contribution in [3.63, 3.8) is 0 Å². The fourth-order valence-electron chi connectivity index (χ4n) is 2.35. The summed E-state index contributed by atoms with van der Waals surface area (Å²) in [7, 11) is 0. The summed E-state index contributed by atoms with van der Waals surface area (Å²) in [6, 6.07) is 14.5. The van der Waals surface area contributed by atoms with Gasteiger partial charge in [-0.05, 0) is 58.0 Å². The Labute approximate surface area is 174 Å². The Hall–Kier alpha value is -3.86. The van der Waals surface area contributed by atoms with Crippen LogP contribution in [0.4, 0.5) is 16.2 Å². The third-order valence-electron chi connectivity index (χ3n) is 3.70. The third kappa shape index (κ3) is 6.63. The van der Waals surface area contributed by atoms with E-state index >= 15 is 0 Å². The van der Waals surface area contributed by atoms with Gasteiger partial charge in [-0.3, -0.25) is 10.1 Å². The van der Waals surface area contributed by atoms with E-state index in [2.05, 4.69) is 10.6 Å². The molecule has 2 amide bonds. The smallest absolute Gasteiger partial charge is 0.412 e. The van der Waals surface area contributed by atoms with Gasteiger partial charge in [0.05, 0.1) is 16.8 Å². The van der Waals surface area contributed by atoms with E-state index in [0.29, 0.717) is 16.9 Å². The quantitative estimate of drug-likeness (QED) is 0.718. The molecule has 2 aromatic rings. The molecule has 0 heterocycles. The number of nitriles is 1. The van der Waals surface area contributed by atoms with Crippen molar-refractivity contribution in [1.29, 1.82) is 5.26 Å². The van der Waals surface area contributed by atoms with E-state index in [1.807, 2.05) is 6.07 Å². The van der Waals surface area contributed by atoms with Crippen LogP contribution >= 0.6 is 0 Å². The van der Waals surface area contributed by atoms with Crippen molar-refractivity contribution in [2.75, 3.05) is 10.6 Å². The van der Waals surface area contributed by atoms with E-state index in [1.165, 1.54) is 19.1 Å². The minimum absolute atomic E-state index is 0.153. The number of rotatable bonds is 5. The summed E-state index contributed by atoms with van der Waals surface area (Å²) in [4.78, 5) is 36.6. The zero-order valence-corrected chi connectivity index (χ0v) is 17.2. The average molecular weight is 409 g/mol. The topological polar surface area (TPSA) is 118 Å². The number of nitrogens with one attached hydrogen (secondary N) is 2. The highest BCUT2D eigenvalue weighted by Crippen LogP contribution is 2.17. The second-order valence-electron chi connectivity index (χ2n) is 7.40. The molecule has 0 saturated heterocycles. The van der Waals surface area contributed by atoms with Crippen LogP contribution in [0.5, 0.6) is 0 Å². The molecular formula is C22H23N3O5. The van der Waals surface area contributed by atoms with Crippen LogP contribution in [0.15, 0.2) is 48.5 Å². The van der Waals surface area contributed by atoms with Gasteiger partial charge in [0, 0.05) is 5.69 Å². The van der Waals surface area contributed by atoms with Crippen LogP contribution in [0.1, 0.15) is 43.6 Å². The minimum Gasteiger partial charge on any atom is -0.449 e. The van der Waals surface area contributed by atoms with E-state index in [0.717, 1.165) is 0 Å². The Kier molecular flexibility index (Phi) is 7.15. The van der Waals surface area contributed by atoms with Crippen molar-refractivity contribution in [2.45, 2.75) is 39.4 Å². The molecule has 1 atom stereocenters. The average Bonchev–Trinajstić information content (AvgIpc) is 2.66. The van der Waals surface area contributed by atoms with E-state index in [1.54, 1.807) is 57.2 Å². The van der Waals surface area contributed by atoms with Crippen LogP contribution in [-0.4, -0.2) is 29.7 Å². The van der Waals surface area contributed by atoms with Crippen LogP contribution in [-0.2, 0) is 14.3 Å². The van der Waals surface area contributed by atoms with Gasteiger partial charge in [0.2, 0.25) is 0 Å². The van der Waals surface area contributed by atoms with Gasteiger partial charge in [-0.15, -0.1) is 0 Å². The lowest BCUT2D eigenvalue weighted by atomic mass is 10.2. The first-order valence-electron chi connectivity index (χ1n) is 9.20. The predicted molar refractivity (Wildman–Crippen MR) is 111 cm³/mol. The molecular weight excluding hydrogens is 386 g/mol. The molecule has 2 rings (SSSR count). The Bertz CT molecular complexity index is 989. The van der Waals surface area contributed by atoms with Crippen LogP contribution in [0.2, 0.25) is 0 Å². The van der Waals surface area contributed by atoms with Crippen molar-refractivity contribution in [1.82, 2.24) is 0 Å². The maximum Gasteiger partial charge on any atom is 0.412 e. The van der Waals surface area contributed by atoms with Gasteiger partial charge in [0.15, 0.2) is 6.10 Å². The molecule has 30 heavy (non-hydrogen) atoms. The standard InChI is InChI=1S/C22H23N3O5/c1-14(19(26)25-18-11-6-5-8-16(18)13-23)29-20(27)15-9-7-10-17(12-15)24-21(28)30-22(2,3)4/h5-12,14H,1-4H3,(H,24,28)(H,25,26). The van der Waals surface area contributed by atoms with Crippen LogP contribution < -0.4 is 10.6 Å². The molecule has 0 radical (unpaired) electrons. The first-order chi connectivity index (χ1) is 14.1. The number of hydrogen-bond acceptors (Lipinski definition) is 6. The van der Waals surface area contributed by atoms with E-state index < -0.39 is 29.7 Å². The lowest BCUT2D eigenvalue weighted by Gasteiger charge is -2.19. The largest absolute Gasteiger partial charge is 0.449 e. The lowest BCUT2D eigenvalue weighted by molar-refractivity contribution is -0.123. The Morgan fingerprint density at radius 3 is 2.40 bits per heavy atom. The number of carbonyl (C=O) groups excluding carboxylic acids is 3. The third-order valence-corrected chi connectivity index (χ3v) is 3.70. The first kappa shape index (κ1) is 22.4. The Balaban J connectivity index is 2.00. The second-order valence-corrected chi connectivity index (χ2v) is 7.40. The van der Waals surface area contributed by atoms with Crippen LogP contribution in [0, 0.1) is 11.3 Å². The number of amides is 2. The van der Waals surface area contributed by atoms with Crippen molar-refractivity contribution < 1.29 is 23.9 Å². The minimum atomic E-state index is -1.10. The van der Waals surface area contributed by atoms with Gasteiger partial charge in [-0.1, -0.05) is 18.2 Å². The van der Waals surface area contributed by atoms with Crippen molar-refractivity contribution in [3.8, 4) is 6.07 Å². The molecule has 0 aromatic heterocycles. The highest BCUT2D eigenvalue weighted by atomic mass is 16.6. The first-order valence-corrected chi connectivity index (χ1v) is 9.20. The van der Waals surface area contributed by atoms with Crippen molar-refractivity contribution in [2.24, 2.45) is 0 Å². The molecule has 0 saturated carbocycles. The van der Waals surface area contributed by atoms with Gasteiger partial charge >= 0.3 is 12.1 Å². The molecule has 0 aliphatic rings. The summed E-state index contributed by atoms with van der Waals surface area (Å²) >= 11 is 0. The molecule has 0 fully saturated rings. The van der Waals surface area contributed by atoms with Gasteiger partial charge in [-0.2, -0.15) is 5.26 Å². The number of carbonyl (C=O) groups is 3. The highest BCUT2D eigenvalue weighted by molar-refractivity contribution is 5.98. The summed E-state index contributed by atoms with van der Waals surface area (Å²) < 4.78 is 10.4. The van der Waals surface area contributed by atoms with Gasteiger partial charge < -0.3 is 14.8 Å². The normalized spacial score (nSPS) is 11.6. The summed E-state index contributed by atoms with van der Waals surface area (Å²) in [6.45, 7) is 6.64. The zero-order chi connectivity index (χ0) is 22.3. The summed E-state index contributed by atoms with van der Waals surface area (Å²) in [5, 5.41) is 14.2. The van der Waals surface area contributed by atoms with Crippen molar-refractivity contribution >= 4 is 29.3 Å². The lowest BCUT2D eigenvalue weighted by Crippen LogP contribution is -2.30. The highest BCUT2D eigenvalue weighted by Gasteiger charge is 2.21. The summed E-state index contributed by atoms with van der Waals surface area (Å²) in [5.74, 6) is -1.31. The maximum absolute atomic E-state index is 12.4. The molecule has 0 spiro atoms. The van der Waals surface area contributed by atoms with Gasteiger partial charge in [-0.25, -0.2) is 9.59 Å². The fraction of sp³-hybridized carbons (Fsp3) is 0.273. The van der Waals surface area contributed by atoms with Crippen molar-refractivity contribution in [3.05, 3.63) is 59.7 Å². The number of nitrogens with zero attached hydrogens (tertiary/aromatic N) is 1. The maximum atomic E-state index is 12.4. The molecule has 2 aromatic carbocycles. The fourth-order valence-corrected chi connectivity index (χ4v) is 2.35. The summed E-state index contributed by atoms with van der Waals surface area (Å²) in [6.07, 6.45) is -1.76. The second kappa shape index (κ2) is 9.56. The number of para-hydroxylation sites is 1. The molecule has 156 valence electrons. The number of anilines is 2. The van der Waals surface area contributed by atoms with Crippen LogP contribution in [0.3, 0.4) is 0 Å². The van der Waals surface area contributed by atoms with E-state index in [9.17, 15) is 14.4 Å². The summed E-state index contributed by atoms with van der Waals surface area (Å²) in [5.41, 5.74) is 0.467. The van der Waals surface area contributed by atoms with E-state index in [4.69, 9.17) is 14.7 Å². The monoisotopic (exact) mass is 409 g/mol. The molecule has 8 heteroatoms. The van der Waals surface area contributed by atoms with Gasteiger partial charge in [0.25, 0.3) is 5.91 Å². The molecule has 8 nitrogen and oxygen atoms in total. The predicted octanol–water partition coefficient (Wildman–Crippen LogP) is 4.09. The molecule has 0 aliphatic carbocycles. The Morgan fingerprint density at radius 1 is 1.03 bits per heavy atom. The van der Waals surface area contributed by atoms with E-state index in [-0.39, 0.29) is 5.56 Å². The number of hydrogen-bond donors (Lipinski definition) is 2. The Morgan fingerprint density at radius 2 is 1.73 bits per heavy atom. The molecule has 0 bridgehead atoms. The number of benzene rings is 2.